The molecular weight excluding hydrogens is 300 g/mol. The van der Waals surface area contributed by atoms with Gasteiger partial charge in [0.1, 0.15) is 5.75 Å². The van der Waals surface area contributed by atoms with E-state index in [1.807, 2.05) is 80.2 Å². The van der Waals surface area contributed by atoms with Gasteiger partial charge in [-0.15, -0.1) is 0 Å². The summed E-state index contributed by atoms with van der Waals surface area (Å²) in [6, 6.07) is 15.6. The molecule has 1 N–H and O–H groups in total. The van der Waals surface area contributed by atoms with Crippen LogP contribution in [0.1, 0.15) is 19.4 Å². The molecule has 3 aromatic rings. The van der Waals surface area contributed by atoms with E-state index < -0.39 is 0 Å². The van der Waals surface area contributed by atoms with Crippen LogP contribution in [0.5, 0.6) is 5.75 Å². The second-order valence-corrected chi connectivity index (χ2v) is 6.20. The third kappa shape index (κ3) is 3.59. The summed E-state index contributed by atoms with van der Waals surface area (Å²) in [6.07, 6.45) is 2.43. The molecule has 0 atom stereocenters. The Bertz CT molecular complexity index is 865. The van der Waals surface area contributed by atoms with E-state index in [1.165, 1.54) is 0 Å². The molecule has 3 rings (SSSR count). The molecule has 0 aliphatic heterocycles. The Morgan fingerprint density at radius 1 is 1.17 bits per heavy atom. The third-order valence-corrected chi connectivity index (χ3v) is 3.84. The van der Waals surface area contributed by atoms with Crippen LogP contribution in [0.3, 0.4) is 0 Å². The predicted molar refractivity (Wildman–Crippen MR) is 97.5 cm³/mol. The number of hydrogen-bond acceptors (Lipinski definition) is 2. The van der Waals surface area contributed by atoms with Crippen molar-refractivity contribution in [2.75, 3.05) is 5.32 Å². The monoisotopic (exact) mass is 322 g/mol. The summed E-state index contributed by atoms with van der Waals surface area (Å²) in [6.45, 7) is 3.97. The Balaban J connectivity index is 1.73. The van der Waals surface area contributed by atoms with Crippen LogP contribution >= 0.6 is 0 Å². The number of anilines is 1. The maximum Gasteiger partial charge on any atom is 0.228 e. The van der Waals surface area contributed by atoms with Gasteiger partial charge in [0.2, 0.25) is 5.91 Å². The molecule has 24 heavy (non-hydrogen) atoms. The van der Waals surface area contributed by atoms with Crippen LogP contribution in [0.15, 0.2) is 54.7 Å². The molecular formula is C20H22N2O2. The lowest BCUT2D eigenvalue weighted by Crippen LogP contribution is -2.14. The van der Waals surface area contributed by atoms with Gasteiger partial charge in [0, 0.05) is 24.1 Å². The van der Waals surface area contributed by atoms with Gasteiger partial charge in [-0.3, -0.25) is 4.79 Å². The zero-order valence-electron chi connectivity index (χ0n) is 14.2. The zero-order valence-corrected chi connectivity index (χ0v) is 14.2. The molecule has 1 amide bonds. The lowest BCUT2D eigenvalue weighted by atomic mass is 10.1. The largest absolute Gasteiger partial charge is 0.491 e. The van der Waals surface area contributed by atoms with Gasteiger partial charge in [-0.1, -0.05) is 18.2 Å². The summed E-state index contributed by atoms with van der Waals surface area (Å²) < 4.78 is 7.72. The van der Waals surface area contributed by atoms with Crippen molar-refractivity contribution in [1.29, 1.82) is 0 Å². The number of fused-ring (bicyclic) bond motifs is 1. The minimum absolute atomic E-state index is 0.0342. The minimum Gasteiger partial charge on any atom is -0.491 e. The number of hydrogen-bond donors (Lipinski definition) is 1. The Kier molecular flexibility index (Phi) is 4.56. The summed E-state index contributed by atoms with van der Waals surface area (Å²) in [5.74, 6) is 0.758. The number of nitrogens with one attached hydrogen (secondary N) is 1. The first-order chi connectivity index (χ1) is 11.5. The number of aryl methyl sites for hydroxylation is 1. The Morgan fingerprint density at radius 3 is 2.75 bits per heavy atom. The number of carbonyl (C=O) groups is 1. The highest BCUT2D eigenvalue weighted by Crippen LogP contribution is 2.24. The minimum atomic E-state index is -0.0342. The van der Waals surface area contributed by atoms with Gasteiger partial charge in [0.25, 0.3) is 0 Å². The number of carbonyl (C=O) groups excluding carboxylic acids is 1. The Labute approximate surface area is 142 Å². The molecule has 0 spiro atoms. The second-order valence-electron chi connectivity index (χ2n) is 6.20. The fourth-order valence-electron chi connectivity index (χ4n) is 2.79. The molecule has 124 valence electrons. The van der Waals surface area contributed by atoms with Gasteiger partial charge < -0.3 is 14.6 Å². The molecule has 1 heterocycles. The van der Waals surface area contributed by atoms with Crippen molar-refractivity contribution in [3.05, 3.63) is 60.3 Å². The summed E-state index contributed by atoms with van der Waals surface area (Å²) >= 11 is 0. The predicted octanol–water partition coefficient (Wildman–Crippen LogP) is 4.15. The van der Waals surface area contributed by atoms with E-state index in [2.05, 4.69) is 5.32 Å². The van der Waals surface area contributed by atoms with Crippen molar-refractivity contribution in [3.63, 3.8) is 0 Å². The van der Waals surface area contributed by atoms with Crippen LogP contribution in [-0.4, -0.2) is 16.6 Å². The van der Waals surface area contributed by atoms with Crippen molar-refractivity contribution in [2.45, 2.75) is 26.4 Å². The van der Waals surface area contributed by atoms with Crippen molar-refractivity contribution in [3.8, 4) is 5.75 Å². The first-order valence-corrected chi connectivity index (χ1v) is 8.12. The number of ether oxygens (including phenoxy) is 1. The van der Waals surface area contributed by atoms with E-state index in [0.29, 0.717) is 6.42 Å². The number of amides is 1. The molecule has 0 saturated carbocycles. The van der Waals surface area contributed by atoms with E-state index in [-0.39, 0.29) is 12.0 Å². The molecule has 4 heteroatoms. The fraction of sp³-hybridized carbons (Fsp3) is 0.250. The second kappa shape index (κ2) is 6.79. The van der Waals surface area contributed by atoms with Crippen molar-refractivity contribution in [1.82, 2.24) is 4.57 Å². The van der Waals surface area contributed by atoms with Gasteiger partial charge in [0.05, 0.1) is 18.2 Å². The van der Waals surface area contributed by atoms with E-state index in [0.717, 1.165) is 27.9 Å². The maximum atomic E-state index is 12.4. The van der Waals surface area contributed by atoms with Gasteiger partial charge in [-0.05, 0) is 49.7 Å². The van der Waals surface area contributed by atoms with E-state index in [9.17, 15) is 4.79 Å². The van der Waals surface area contributed by atoms with E-state index in [1.54, 1.807) is 0 Å². The average molecular weight is 322 g/mol. The van der Waals surface area contributed by atoms with E-state index >= 15 is 0 Å². The summed E-state index contributed by atoms with van der Waals surface area (Å²) in [5.41, 5.74) is 2.87. The third-order valence-electron chi connectivity index (χ3n) is 3.84. The molecule has 2 aromatic carbocycles. The van der Waals surface area contributed by atoms with Crippen LogP contribution < -0.4 is 10.1 Å². The molecule has 0 bridgehead atoms. The number of rotatable bonds is 5. The Morgan fingerprint density at radius 2 is 1.96 bits per heavy atom. The first-order valence-electron chi connectivity index (χ1n) is 8.12. The van der Waals surface area contributed by atoms with Crippen LogP contribution in [-0.2, 0) is 18.3 Å². The van der Waals surface area contributed by atoms with Crippen LogP contribution in [0.25, 0.3) is 10.9 Å². The first kappa shape index (κ1) is 16.1. The molecule has 0 radical (unpaired) electrons. The number of nitrogens with zero attached hydrogens (tertiary/aromatic N) is 1. The number of aromatic nitrogens is 1. The standard InChI is InChI=1S/C20H22N2O2/c1-14(2)24-16-7-4-6-15(12-16)13-20(23)21-18-8-5-9-19-17(18)10-11-22(19)3/h4-12,14H,13H2,1-3H3,(H,21,23). The lowest BCUT2D eigenvalue weighted by molar-refractivity contribution is -0.115. The highest BCUT2D eigenvalue weighted by atomic mass is 16.5. The molecule has 0 unspecified atom stereocenters. The smallest absolute Gasteiger partial charge is 0.228 e. The quantitative estimate of drug-likeness (QED) is 0.767. The van der Waals surface area contributed by atoms with Crippen LogP contribution in [0.2, 0.25) is 0 Å². The van der Waals surface area contributed by atoms with Crippen LogP contribution in [0.4, 0.5) is 5.69 Å². The molecule has 0 fully saturated rings. The topological polar surface area (TPSA) is 43.3 Å². The molecule has 0 saturated heterocycles. The van der Waals surface area contributed by atoms with E-state index in [4.69, 9.17) is 4.74 Å². The maximum absolute atomic E-state index is 12.4. The normalized spacial score (nSPS) is 11.0. The highest BCUT2D eigenvalue weighted by molar-refractivity contribution is 6.02. The summed E-state index contributed by atoms with van der Waals surface area (Å²) in [4.78, 5) is 12.4. The van der Waals surface area contributed by atoms with Crippen molar-refractivity contribution < 1.29 is 9.53 Å². The number of benzene rings is 2. The summed E-state index contributed by atoms with van der Waals surface area (Å²) in [7, 11) is 1.99. The SMILES string of the molecule is CC(C)Oc1cccc(CC(=O)Nc2cccc3c2ccn3C)c1. The zero-order chi connectivity index (χ0) is 17.1. The van der Waals surface area contributed by atoms with Crippen LogP contribution in [0, 0.1) is 0 Å². The van der Waals surface area contributed by atoms with Crippen molar-refractivity contribution >= 4 is 22.5 Å². The lowest BCUT2D eigenvalue weighted by Gasteiger charge is -2.11. The highest BCUT2D eigenvalue weighted by Gasteiger charge is 2.09. The molecule has 1 aromatic heterocycles. The molecule has 0 aliphatic rings. The van der Waals surface area contributed by atoms with Gasteiger partial charge in [-0.25, -0.2) is 0 Å². The van der Waals surface area contributed by atoms with Gasteiger partial charge in [0.15, 0.2) is 0 Å². The van der Waals surface area contributed by atoms with Gasteiger partial charge in [-0.2, -0.15) is 0 Å². The fourth-order valence-corrected chi connectivity index (χ4v) is 2.79. The van der Waals surface area contributed by atoms with Crippen molar-refractivity contribution in [2.24, 2.45) is 7.05 Å². The van der Waals surface area contributed by atoms with Gasteiger partial charge >= 0.3 is 0 Å². The molecule has 0 aliphatic carbocycles. The molecule has 4 nitrogen and oxygen atoms in total. The average Bonchev–Trinajstić information content (AvgIpc) is 2.89. The Hall–Kier alpha value is -2.75. The summed E-state index contributed by atoms with van der Waals surface area (Å²) in [5, 5.41) is 4.06.